The number of aromatic nitrogens is 2. The molecule has 5 nitrogen and oxygen atoms in total. The molecule has 0 fully saturated rings. The third-order valence-electron chi connectivity index (χ3n) is 8.21. The minimum absolute atomic E-state index is 0.184. The SMILES string of the molecule is O=Nc1ccc2c3cc4c(cc3n3c5ccccc5c1c23)c1ccc(O)c2c1n4C1CC=CC=C21. The minimum Gasteiger partial charge on any atom is -0.507 e. The van der Waals surface area contributed by atoms with E-state index in [0.29, 0.717) is 11.4 Å². The third kappa shape index (κ3) is 1.84. The number of aromatic hydroxyl groups is 1. The van der Waals surface area contributed by atoms with Gasteiger partial charge in [-0.05, 0) is 59.6 Å². The molecule has 35 heavy (non-hydrogen) atoms. The smallest absolute Gasteiger partial charge is 0.125 e. The molecular formula is C30H17N3O2. The van der Waals surface area contributed by atoms with Crippen LogP contribution in [-0.4, -0.2) is 14.1 Å². The molecule has 0 bridgehead atoms. The number of allylic oxidation sites excluding steroid dienone is 4. The van der Waals surface area contributed by atoms with Crippen molar-refractivity contribution in [2.75, 3.05) is 0 Å². The van der Waals surface area contributed by atoms with Crippen LogP contribution in [0.4, 0.5) is 5.69 Å². The van der Waals surface area contributed by atoms with E-state index in [2.05, 4.69) is 56.6 Å². The van der Waals surface area contributed by atoms with Crippen LogP contribution in [-0.2, 0) is 0 Å². The van der Waals surface area contributed by atoms with Crippen LogP contribution >= 0.6 is 0 Å². The van der Waals surface area contributed by atoms with E-state index < -0.39 is 0 Å². The number of phenols is 1. The summed E-state index contributed by atoms with van der Waals surface area (Å²) < 4.78 is 4.70. The van der Waals surface area contributed by atoms with E-state index in [1.165, 1.54) is 16.5 Å². The first-order valence-electron chi connectivity index (χ1n) is 11.9. The summed E-state index contributed by atoms with van der Waals surface area (Å²) in [6.45, 7) is 0. The number of phenolic OH excluding ortho intramolecular Hbond substituents is 1. The maximum Gasteiger partial charge on any atom is 0.125 e. The first-order chi connectivity index (χ1) is 17.3. The van der Waals surface area contributed by atoms with Gasteiger partial charge in [0.2, 0.25) is 0 Å². The summed E-state index contributed by atoms with van der Waals surface area (Å²) in [6, 6.07) is 20.8. The second-order valence-corrected chi connectivity index (χ2v) is 9.71. The monoisotopic (exact) mass is 451 g/mol. The van der Waals surface area contributed by atoms with Gasteiger partial charge in [-0.3, -0.25) is 0 Å². The normalized spacial score (nSPS) is 17.0. The zero-order chi connectivity index (χ0) is 23.0. The Labute approximate surface area is 198 Å². The van der Waals surface area contributed by atoms with Gasteiger partial charge in [-0.25, -0.2) is 0 Å². The van der Waals surface area contributed by atoms with Gasteiger partial charge in [0.25, 0.3) is 0 Å². The van der Waals surface area contributed by atoms with Crippen LogP contribution in [0.3, 0.4) is 0 Å². The molecule has 0 radical (unpaired) electrons. The van der Waals surface area contributed by atoms with Crippen molar-refractivity contribution in [1.29, 1.82) is 0 Å². The fourth-order valence-electron chi connectivity index (χ4n) is 6.90. The van der Waals surface area contributed by atoms with Crippen molar-refractivity contribution in [3.05, 3.63) is 89.4 Å². The third-order valence-corrected chi connectivity index (χ3v) is 8.21. The summed E-state index contributed by atoms with van der Waals surface area (Å²) in [7, 11) is 0. The number of benzene rings is 4. The summed E-state index contributed by atoms with van der Waals surface area (Å²) in [5.74, 6) is 0.343. The quantitative estimate of drug-likeness (QED) is 0.258. The van der Waals surface area contributed by atoms with E-state index in [-0.39, 0.29) is 6.04 Å². The van der Waals surface area contributed by atoms with E-state index >= 15 is 0 Å². The predicted octanol–water partition coefficient (Wildman–Crippen LogP) is 7.95. The molecule has 7 aromatic rings. The summed E-state index contributed by atoms with van der Waals surface area (Å²) in [5, 5.41) is 20.8. The largest absolute Gasteiger partial charge is 0.507 e. The zero-order valence-electron chi connectivity index (χ0n) is 18.5. The van der Waals surface area contributed by atoms with Gasteiger partial charge < -0.3 is 14.1 Å². The molecule has 2 aliphatic rings. The lowest BCUT2D eigenvalue weighted by molar-refractivity contribution is 0.474. The average Bonchev–Trinajstić information content (AvgIpc) is 3.60. The fraction of sp³-hybridized carbons (Fsp3) is 0.0667. The molecule has 3 aromatic heterocycles. The maximum absolute atomic E-state index is 11.7. The topological polar surface area (TPSA) is 59.0 Å². The molecule has 0 saturated heterocycles. The van der Waals surface area contributed by atoms with Crippen molar-refractivity contribution in [2.24, 2.45) is 5.18 Å². The zero-order valence-corrected chi connectivity index (χ0v) is 18.5. The van der Waals surface area contributed by atoms with E-state index in [9.17, 15) is 10.0 Å². The standard InChI is InChI=1S/C30H17N3O2/c34-26-12-10-16-20-14-24-19(13-25(20)33-23-8-4-2-6-18(23)28(26)30(16)33)15-9-11-21(31-35)27-17-5-1-3-7-22(17)32(24)29(15)27/h1-7,9-14,23,34H,8H2. The highest BCUT2D eigenvalue weighted by molar-refractivity contribution is 6.28. The van der Waals surface area contributed by atoms with Crippen molar-refractivity contribution in [2.45, 2.75) is 12.5 Å². The fourth-order valence-corrected chi connectivity index (χ4v) is 6.90. The molecule has 9 rings (SSSR count). The van der Waals surface area contributed by atoms with E-state index in [4.69, 9.17) is 0 Å². The van der Waals surface area contributed by atoms with Crippen molar-refractivity contribution >= 4 is 71.2 Å². The van der Waals surface area contributed by atoms with Gasteiger partial charge in [-0.15, -0.1) is 4.91 Å². The Kier molecular flexibility index (Phi) is 2.90. The number of fused-ring (bicyclic) bond motifs is 12. The van der Waals surface area contributed by atoms with Gasteiger partial charge in [0.15, 0.2) is 0 Å². The van der Waals surface area contributed by atoms with Crippen LogP contribution < -0.4 is 0 Å². The number of nitrogens with zero attached hydrogens (tertiary/aromatic N) is 3. The highest BCUT2D eigenvalue weighted by atomic mass is 16.3. The summed E-state index contributed by atoms with van der Waals surface area (Å²) in [4.78, 5) is 11.7. The van der Waals surface area contributed by atoms with Gasteiger partial charge in [-0.1, -0.05) is 36.4 Å². The van der Waals surface area contributed by atoms with Crippen molar-refractivity contribution < 1.29 is 5.11 Å². The van der Waals surface area contributed by atoms with Crippen molar-refractivity contribution in [3.8, 4) is 5.75 Å². The van der Waals surface area contributed by atoms with Gasteiger partial charge >= 0.3 is 0 Å². The summed E-state index contributed by atoms with van der Waals surface area (Å²) in [5.41, 5.74) is 8.18. The Morgan fingerprint density at radius 2 is 1.63 bits per heavy atom. The first kappa shape index (κ1) is 17.8. The second kappa shape index (κ2) is 5.70. The lowest BCUT2D eigenvalue weighted by Gasteiger charge is -2.18. The number of nitroso groups, excluding NO2 is 1. The molecule has 5 heteroatoms. The summed E-state index contributed by atoms with van der Waals surface area (Å²) in [6.07, 6.45) is 7.34. The Morgan fingerprint density at radius 1 is 0.829 bits per heavy atom. The number of hydrogen-bond acceptors (Lipinski definition) is 3. The highest BCUT2D eigenvalue weighted by Gasteiger charge is 2.34. The van der Waals surface area contributed by atoms with E-state index in [0.717, 1.165) is 61.0 Å². The molecule has 4 heterocycles. The molecule has 1 N–H and O–H groups in total. The Balaban J connectivity index is 1.55. The maximum atomic E-state index is 11.7. The summed E-state index contributed by atoms with van der Waals surface area (Å²) >= 11 is 0. The Bertz CT molecular complexity index is 2170. The van der Waals surface area contributed by atoms with Gasteiger partial charge in [0.1, 0.15) is 11.4 Å². The van der Waals surface area contributed by atoms with Crippen LogP contribution in [0.1, 0.15) is 18.0 Å². The van der Waals surface area contributed by atoms with Gasteiger partial charge in [0.05, 0.1) is 33.6 Å². The Morgan fingerprint density at radius 3 is 2.54 bits per heavy atom. The van der Waals surface area contributed by atoms with Crippen LogP contribution in [0.5, 0.6) is 5.75 Å². The van der Waals surface area contributed by atoms with Crippen LogP contribution in [0.15, 0.2) is 84.1 Å². The predicted molar refractivity (Wildman–Crippen MR) is 142 cm³/mol. The number of rotatable bonds is 1. The van der Waals surface area contributed by atoms with Crippen LogP contribution in [0.2, 0.25) is 0 Å². The first-order valence-corrected chi connectivity index (χ1v) is 11.9. The highest BCUT2D eigenvalue weighted by Crippen LogP contribution is 2.53. The lowest BCUT2D eigenvalue weighted by atomic mass is 9.93. The van der Waals surface area contributed by atoms with Crippen LogP contribution in [0, 0.1) is 4.91 Å². The molecule has 1 atom stereocenters. The molecular weight excluding hydrogens is 434 g/mol. The van der Waals surface area contributed by atoms with Crippen molar-refractivity contribution in [1.82, 2.24) is 8.97 Å². The molecule has 0 spiro atoms. The molecule has 1 unspecified atom stereocenters. The molecule has 1 aliphatic heterocycles. The number of para-hydroxylation sites is 1. The van der Waals surface area contributed by atoms with E-state index in [1.807, 2.05) is 36.4 Å². The molecule has 4 aromatic carbocycles. The van der Waals surface area contributed by atoms with Gasteiger partial charge in [0, 0.05) is 37.9 Å². The Hall–Kier alpha value is -4.64. The molecule has 164 valence electrons. The lowest BCUT2D eigenvalue weighted by Crippen LogP contribution is -2.05. The minimum atomic E-state index is 0.184. The van der Waals surface area contributed by atoms with Crippen molar-refractivity contribution in [3.63, 3.8) is 0 Å². The molecule has 0 saturated carbocycles. The van der Waals surface area contributed by atoms with Crippen LogP contribution in [0.25, 0.3) is 65.5 Å². The molecule has 0 amide bonds. The number of hydrogen-bond donors (Lipinski definition) is 1. The van der Waals surface area contributed by atoms with E-state index in [1.54, 1.807) is 0 Å². The second-order valence-electron chi connectivity index (χ2n) is 9.71. The van der Waals surface area contributed by atoms with Gasteiger partial charge in [-0.2, -0.15) is 0 Å². The molecule has 1 aliphatic carbocycles. The average molecular weight is 451 g/mol.